The van der Waals surface area contributed by atoms with Crippen LogP contribution in [-0.4, -0.2) is 63.3 Å². The molecule has 0 aliphatic carbocycles. The summed E-state index contributed by atoms with van der Waals surface area (Å²) in [5.41, 5.74) is -0.881. The normalized spacial score (nSPS) is 15.5. The molecule has 3 rings (SSSR count). The largest absolute Gasteiger partial charge is 0.433 e. The van der Waals surface area contributed by atoms with Crippen LogP contribution < -0.4 is 10.6 Å². The Balaban J connectivity index is 1.67. The molecule has 2 aromatic heterocycles. The van der Waals surface area contributed by atoms with Crippen molar-refractivity contribution in [2.45, 2.75) is 31.5 Å². The second-order valence-corrected chi connectivity index (χ2v) is 8.27. The Kier molecular flexibility index (Phi) is 9.64. The number of anilines is 2. The fourth-order valence-electron chi connectivity index (χ4n) is 3.50. The first-order chi connectivity index (χ1) is 17.6. The van der Waals surface area contributed by atoms with E-state index in [0.717, 1.165) is 25.2 Å². The van der Waals surface area contributed by atoms with Crippen LogP contribution in [0, 0.1) is 5.41 Å². The predicted molar refractivity (Wildman–Crippen MR) is 136 cm³/mol. The average molecular weight is 516 g/mol. The van der Waals surface area contributed by atoms with E-state index in [1.165, 1.54) is 24.4 Å². The highest BCUT2D eigenvalue weighted by Gasteiger charge is 2.32. The second kappa shape index (κ2) is 12.9. The molecule has 1 saturated heterocycles. The first-order valence-electron chi connectivity index (χ1n) is 11.6. The number of rotatable bonds is 8. The lowest BCUT2D eigenvalue weighted by Gasteiger charge is -2.29. The molecule has 4 N–H and O–H groups in total. The van der Waals surface area contributed by atoms with Gasteiger partial charge in [-0.3, -0.25) is 10.2 Å². The Morgan fingerprint density at radius 3 is 2.73 bits per heavy atom. The molecule has 37 heavy (non-hydrogen) atoms. The molecule has 9 nitrogen and oxygen atoms in total. The number of hydrogen-bond acceptors (Lipinski definition) is 6. The quantitative estimate of drug-likeness (QED) is 0.240. The molecular weight excluding hydrogens is 487 g/mol. The molecule has 0 bridgehead atoms. The SMILES string of the molecule is C=C/C=C/C(=N\C(=N)c1cccc(C(F)(F)F)n1)Nc1ccnc(NC(=O)CCN2CCC(O)CC2)c1. The molecule has 0 saturated carbocycles. The number of amides is 1. The van der Waals surface area contributed by atoms with Gasteiger partial charge >= 0.3 is 6.18 Å². The number of halogens is 3. The number of amidine groups is 2. The van der Waals surface area contributed by atoms with Crippen LogP contribution in [0.5, 0.6) is 0 Å². The Labute approximate surface area is 212 Å². The number of aromatic nitrogens is 2. The molecule has 1 aliphatic rings. The monoisotopic (exact) mass is 515 g/mol. The van der Waals surface area contributed by atoms with Crippen LogP contribution in [0.2, 0.25) is 0 Å². The van der Waals surface area contributed by atoms with E-state index in [1.807, 2.05) is 0 Å². The number of nitrogens with zero attached hydrogens (tertiary/aromatic N) is 4. The van der Waals surface area contributed by atoms with Gasteiger partial charge in [0.15, 0.2) is 5.84 Å². The predicted octanol–water partition coefficient (Wildman–Crippen LogP) is 3.86. The van der Waals surface area contributed by atoms with Crippen molar-refractivity contribution in [2.75, 3.05) is 30.3 Å². The summed E-state index contributed by atoms with van der Waals surface area (Å²) in [5, 5.41) is 23.4. The van der Waals surface area contributed by atoms with Crippen molar-refractivity contribution >= 4 is 29.1 Å². The zero-order chi connectivity index (χ0) is 26.8. The van der Waals surface area contributed by atoms with Gasteiger partial charge in [-0.15, -0.1) is 0 Å². The zero-order valence-corrected chi connectivity index (χ0v) is 20.0. The molecule has 0 radical (unpaired) electrons. The molecular formula is C25H28F3N7O2. The van der Waals surface area contributed by atoms with Crippen molar-refractivity contribution in [3.63, 3.8) is 0 Å². The number of hydrogen-bond donors (Lipinski definition) is 4. The number of carbonyl (C=O) groups is 1. The fourth-order valence-corrected chi connectivity index (χ4v) is 3.50. The van der Waals surface area contributed by atoms with Gasteiger partial charge < -0.3 is 20.6 Å². The smallest absolute Gasteiger partial charge is 0.393 e. The number of piperidine rings is 1. The minimum absolute atomic E-state index is 0.139. The molecule has 1 aliphatic heterocycles. The number of aliphatic imine (C=N–C) groups is 1. The summed E-state index contributed by atoms with van der Waals surface area (Å²) in [6.45, 7) is 5.65. The van der Waals surface area contributed by atoms with Gasteiger partial charge in [-0.05, 0) is 37.1 Å². The van der Waals surface area contributed by atoms with Crippen molar-refractivity contribution in [3.05, 3.63) is 72.7 Å². The summed E-state index contributed by atoms with van der Waals surface area (Å²) in [7, 11) is 0. The van der Waals surface area contributed by atoms with E-state index in [9.17, 15) is 23.1 Å². The molecule has 2 aromatic rings. The number of aliphatic hydroxyl groups is 1. The number of allylic oxidation sites excluding steroid dienone is 2. The molecule has 1 fully saturated rings. The third kappa shape index (κ3) is 8.92. The molecule has 0 spiro atoms. The summed E-state index contributed by atoms with van der Waals surface area (Å²) in [6, 6.07) is 6.42. The third-order valence-corrected chi connectivity index (χ3v) is 5.42. The zero-order valence-electron chi connectivity index (χ0n) is 20.0. The number of aliphatic hydroxyl groups excluding tert-OH is 1. The summed E-state index contributed by atoms with van der Waals surface area (Å²) in [5.74, 6) is -0.255. The average Bonchev–Trinajstić information content (AvgIpc) is 2.86. The van der Waals surface area contributed by atoms with E-state index < -0.39 is 17.7 Å². The van der Waals surface area contributed by atoms with Crippen LogP contribution in [0.1, 0.15) is 30.7 Å². The van der Waals surface area contributed by atoms with Crippen molar-refractivity contribution in [1.29, 1.82) is 5.41 Å². The van der Waals surface area contributed by atoms with Crippen LogP contribution in [0.4, 0.5) is 24.7 Å². The van der Waals surface area contributed by atoms with E-state index >= 15 is 0 Å². The highest BCUT2D eigenvalue weighted by atomic mass is 19.4. The molecule has 0 aromatic carbocycles. The maximum atomic E-state index is 13.0. The number of pyridine rings is 2. The van der Waals surface area contributed by atoms with E-state index in [4.69, 9.17) is 5.41 Å². The van der Waals surface area contributed by atoms with Gasteiger partial charge in [0.25, 0.3) is 0 Å². The van der Waals surface area contributed by atoms with Crippen LogP contribution in [0.25, 0.3) is 0 Å². The Bertz CT molecular complexity index is 1170. The topological polar surface area (TPSA) is 127 Å². The number of carbonyl (C=O) groups excluding carboxylic acids is 1. The summed E-state index contributed by atoms with van der Waals surface area (Å²) < 4.78 is 38.9. The fraction of sp³-hybridized carbons (Fsp3) is 0.320. The highest BCUT2D eigenvalue weighted by molar-refractivity contribution is 6.12. The lowest BCUT2D eigenvalue weighted by Crippen LogP contribution is -2.37. The minimum Gasteiger partial charge on any atom is -0.393 e. The van der Waals surface area contributed by atoms with Crippen molar-refractivity contribution < 1.29 is 23.1 Å². The van der Waals surface area contributed by atoms with Crippen LogP contribution in [-0.2, 0) is 11.0 Å². The molecule has 3 heterocycles. The van der Waals surface area contributed by atoms with Gasteiger partial charge in [0.2, 0.25) is 5.91 Å². The first kappa shape index (κ1) is 27.7. The first-order valence-corrected chi connectivity index (χ1v) is 11.6. The minimum atomic E-state index is -4.64. The number of nitrogens with one attached hydrogen (secondary N) is 3. The highest BCUT2D eigenvalue weighted by Crippen LogP contribution is 2.27. The van der Waals surface area contributed by atoms with Crippen LogP contribution in [0.15, 0.2) is 66.3 Å². The van der Waals surface area contributed by atoms with Crippen LogP contribution >= 0.6 is 0 Å². The van der Waals surface area contributed by atoms with E-state index in [-0.39, 0.29) is 30.0 Å². The van der Waals surface area contributed by atoms with E-state index in [2.05, 4.69) is 37.1 Å². The Morgan fingerprint density at radius 1 is 1.27 bits per heavy atom. The molecule has 196 valence electrons. The standard InChI is InChI=1S/C25H28F3N7O2/c1-2-3-7-21(34-24(29)19-5-4-6-20(32-19)25(26,27)28)31-17-8-12-30-22(16-17)33-23(37)11-15-35-13-9-18(36)10-14-35/h2-8,12,16,18,36H,1,9-11,13-15H2,(H3,29,30,31,33,34,37)/b7-3+. The van der Waals surface area contributed by atoms with Gasteiger partial charge in [0.05, 0.1) is 6.10 Å². The maximum Gasteiger partial charge on any atom is 0.433 e. The lowest BCUT2D eigenvalue weighted by atomic mass is 10.1. The summed E-state index contributed by atoms with van der Waals surface area (Å²) >= 11 is 0. The van der Waals surface area contributed by atoms with Gasteiger partial charge in [-0.25, -0.2) is 15.0 Å². The van der Waals surface area contributed by atoms with Crippen molar-refractivity contribution in [1.82, 2.24) is 14.9 Å². The Hall–Kier alpha value is -3.90. The molecule has 0 unspecified atom stereocenters. The molecule has 0 atom stereocenters. The van der Waals surface area contributed by atoms with Crippen molar-refractivity contribution in [3.8, 4) is 0 Å². The van der Waals surface area contributed by atoms with Crippen LogP contribution in [0.3, 0.4) is 0 Å². The summed E-state index contributed by atoms with van der Waals surface area (Å²) in [4.78, 5) is 26.2. The van der Waals surface area contributed by atoms with Gasteiger partial charge in [0, 0.05) is 44.0 Å². The number of likely N-dealkylation sites (tertiary alicyclic amines) is 1. The second-order valence-electron chi connectivity index (χ2n) is 8.27. The molecule has 1 amide bonds. The van der Waals surface area contributed by atoms with Gasteiger partial charge in [0.1, 0.15) is 23.0 Å². The third-order valence-electron chi connectivity index (χ3n) is 5.42. The summed E-state index contributed by atoms with van der Waals surface area (Å²) in [6.07, 6.45) is 2.73. The number of alkyl halides is 3. The molecule has 12 heteroatoms. The lowest BCUT2D eigenvalue weighted by molar-refractivity contribution is -0.141. The van der Waals surface area contributed by atoms with E-state index in [0.29, 0.717) is 30.9 Å². The Morgan fingerprint density at radius 2 is 2.03 bits per heavy atom. The van der Waals surface area contributed by atoms with Gasteiger partial charge in [-0.1, -0.05) is 24.8 Å². The van der Waals surface area contributed by atoms with Crippen molar-refractivity contribution in [2.24, 2.45) is 4.99 Å². The van der Waals surface area contributed by atoms with E-state index in [1.54, 1.807) is 18.2 Å². The maximum absolute atomic E-state index is 13.0. The van der Waals surface area contributed by atoms with Gasteiger partial charge in [-0.2, -0.15) is 13.2 Å².